The Morgan fingerprint density at radius 1 is 0.564 bits per heavy atom. The third-order valence-electron chi connectivity index (χ3n) is 8.77. The molecule has 1 N–H and O–H groups in total. The molecule has 0 amide bonds. The van der Waals surface area contributed by atoms with Crippen LogP contribution in [0, 0.1) is 0 Å². The van der Waals surface area contributed by atoms with Crippen molar-refractivity contribution in [1.29, 1.82) is 0 Å². The van der Waals surface area contributed by atoms with Crippen LogP contribution in [-0.4, -0.2) is 74.9 Å². The average molecular weight is 795 g/mol. The van der Waals surface area contributed by atoms with Gasteiger partial charge >= 0.3 is 19.8 Å². The molecule has 0 spiro atoms. The topological polar surface area (TPSA) is 108 Å². The molecule has 0 fully saturated rings. The first-order valence-corrected chi connectivity index (χ1v) is 23.0. The van der Waals surface area contributed by atoms with E-state index in [-0.39, 0.29) is 26.1 Å². The number of hydrogen-bond donors (Lipinski definition) is 1. The number of carbonyl (C=O) groups is 2. The van der Waals surface area contributed by atoms with Gasteiger partial charge in [0.1, 0.15) is 19.8 Å². The third kappa shape index (κ3) is 41.2. The molecule has 0 aliphatic heterocycles. The van der Waals surface area contributed by atoms with Gasteiger partial charge < -0.3 is 18.9 Å². The zero-order chi connectivity index (χ0) is 40.7. The van der Waals surface area contributed by atoms with Crippen molar-refractivity contribution in [1.82, 2.24) is 0 Å². The molecule has 2 atom stereocenters. The summed E-state index contributed by atoms with van der Waals surface area (Å²) in [7, 11) is 1.43. The van der Waals surface area contributed by atoms with E-state index in [1.54, 1.807) is 0 Å². The molecule has 318 valence electrons. The number of phosphoric ester groups is 1. The Hall–Kier alpha value is -2.29. The molecule has 0 aromatic heterocycles. The van der Waals surface area contributed by atoms with Crippen LogP contribution in [0.1, 0.15) is 162 Å². The largest absolute Gasteiger partial charge is 0.472 e. The summed E-state index contributed by atoms with van der Waals surface area (Å²) in [6.45, 7) is 4.29. The molecule has 0 radical (unpaired) electrons. The number of allylic oxidation sites excluding steroid dienone is 10. The Morgan fingerprint density at radius 2 is 1.00 bits per heavy atom. The Balaban J connectivity index is 4.51. The van der Waals surface area contributed by atoms with Crippen LogP contribution in [0.3, 0.4) is 0 Å². The minimum atomic E-state index is -4.39. The van der Waals surface area contributed by atoms with Crippen molar-refractivity contribution in [2.45, 2.75) is 168 Å². The molecular formula is C45H81NO8P+. The summed E-state index contributed by atoms with van der Waals surface area (Å²) < 4.78 is 34.2. The van der Waals surface area contributed by atoms with Crippen LogP contribution < -0.4 is 0 Å². The SMILES string of the molecule is CCCCC/C=C/C/C=C/C/C=C/C/C=C/CCCC(=O)O[C@H](COC(=O)CCCCCCC/C=C/CCCCCCC)COP(=O)(O)OCC[N+](C)(C)C. The lowest BCUT2D eigenvalue weighted by Gasteiger charge is -2.24. The number of carbonyl (C=O) groups excluding carboxylic acids is 2. The van der Waals surface area contributed by atoms with Gasteiger partial charge in [-0.1, -0.05) is 132 Å². The molecule has 1 unspecified atom stereocenters. The maximum atomic E-state index is 12.7. The molecule has 0 bridgehead atoms. The first kappa shape index (κ1) is 52.7. The molecular weight excluding hydrogens is 713 g/mol. The van der Waals surface area contributed by atoms with E-state index in [1.165, 1.54) is 64.2 Å². The number of phosphoric acid groups is 1. The van der Waals surface area contributed by atoms with Gasteiger partial charge in [-0.25, -0.2) is 4.57 Å². The molecule has 9 nitrogen and oxygen atoms in total. The fraction of sp³-hybridized carbons (Fsp3) is 0.733. The van der Waals surface area contributed by atoms with Crippen molar-refractivity contribution >= 4 is 19.8 Å². The van der Waals surface area contributed by atoms with Crippen molar-refractivity contribution in [2.24, 2.45) is 0 Å². The summed E-state index contributed by atoms with van der Waals surface area (Å²) in [6, 6.07) is 0. The lowest BCUT2D eigenvalue weighted by atomic mass is 10.1. The van der Waals surface area contributed by atoms with Crippen molar-refractivity contribution in [3.05, 3.63) is 60.8 Å². The van der Waals surface area contributed by atoms with Crippen LogP contribution in [0.2, 0.25) is 0 Å². The van der Waals surface area contributed by atoms with Crippen LogP contribution in [-0.2, 0) is 32.7 Å². The number of unbranched alkanes of at least 4 members (excludes halogenated alkanes) is 14. The summed E-state index contributed by atoms with van der Waals surface area (Å²) in [4.78, 5) is 35.3. The highest BCUT2D eigenvalue weighted by molar-refractivity contribution is 7.47. The normalized spacial score (nSPS) is 14.2. The highest BCUT2D eigenvalue weighted by Crippen LogP contribution is 2.43. The standard InChI is InChI=1S/C45H80NO8P/c1-6-8-10-12-14-16-18-20-22-23-24-26-28-30-32-34-36-38-45(48)54-43(42-53-55(49,50)52-40-39-46(3,4)5)41-51-44(47)37-35-33-31-29-27-25-21-19-17-15-13-11-9-7-2/h14,16,19-22,24,26,30,32,43H,6-13,15,17-18,23,25,27-29,31,33-42H2,1-5H3/p+1/b16-14+,21-19+,22-20+,26-24+,32-30+/t43-/m1/s1. The van der Waals surface area contributed by atoms with E-state index in [1.807, 2.05) is 27.2 Å². The van der Waals surface area contributed by atoms with Gasteiger partial charge in [0.15, 0.2) is 6.10 Å². The van der Waals surface area contributed by atoms with Gasteiger partial charge in [0, 0.05) is 12.8 Å². The summed E-state index contributed by atoms with van der Waals surface area (Å²) in [5.41, 5.74) is 0. The molecule has 0 aromatic carbocycles. The zero-order valence-electron chi connectivity index (χ0n) is 35.6. The molecule has 0 rings (SSSR count). The molecule has 0 aromatic rings. The Morgan fingerprint density at radius 3 is 1.56 bits per heavy atom. The van der Waals surface area contributed by atoms with E-state index in [9.17, 15) is 19.0 Å². The Labute approximate surface area is 336 Å². The number of esters is 2. The van der Waals surface area contributed by atoms with Crippen molar-refractivity contribution < 1.29 is 42.1 Å². The number of nitrogens with zero attached hydrogens (tertiary/aromatic N) is 1. The molecule has 0 aliphatic rings. The highest BCUT2D eigenvalue weighted by atomic mass is 31.2. The van der Waals surface area contributed by atoms with Crippen LogP contribution in [0.4, 0.5) is 0 Å². The van der Waals surface area contributed by atoms with E-state index in [0.29, 0.717) is 23.9 Å². The van der Waals surface area contributed by atoms with E-state index in [2.05, 4.69) is 68.5 Å². The predicted octanol–water partition coefficient (Wildman–Crippen LogP) is 12.1. The van der Waals surface area contributed by atoms with Crippen LogP contribution in [0.5, 0.6) is 0 Å². The number of likely N-dealkylation sites (N-methyl/N-ethyl adjacent to an activating group) is 1. The van der Waals surface area contributed by atoms with Gasteiger partial charge in [-0.05, 0) is 77.0 Å². The fourth-order valence-corrected chi connectivity index (χ4v) is 6.09. The van der Waals surface area contributed by atoms with Gasteiger partial charge in [-0.3, -0.25) is 18.6 Å². The second kappa shape index (κ2) is 37.3. The van der Waals surface area contributed by atoms with Gasteiger partial charge in [-0.2, -0.15) is 0 Å². The maximum absolute atomic E-state index is 12.7. The Kier molecular flexibility index (Phi) is 35.7. The van der Waals surface area contributed by atoms with Crippen molar-refractivity contribution in [3.63, 3.8) is 0 Å². The minimum Gasteiger partial charge on any atom is -0.462 e. The Bertz CT molecular complexity index is 1120. The van der Waals surface area contributed by atoms with Crippen LogP contribution in [0.25, 0.3) is 0 Å². The second-order valence-electron chi connectivity index (χ2n) is 15.4. The zero-order valence-corrected chi connectivity index (χ0v) is 36.5. The lowest BCUT2D eigenvalue weighted by molar-refractivity contribution is -0.870. The monoisotopic (exact) mass is 795 g/mol. The third-order valence-corrected chi connectivity index (χ3v) is 9.75. The first-order valence-electron chi connectivity index (χ1n) is 21.5. The maximum Gasteiger partial charge on any atom is 0.472 e. The highest BCUT2D eigenvalue weighted by Gasteiger charge is 2.27. The smallest absolute Gasteiger partial charge is 0.462 e. The van der Waals surface area contributed by atoms with Crippen LogP contribution in [0.15, 0.2) is 60.8 Å². The van der Waals surface area contributed by atoms with Gasteiger partial charge in [0.05, 0.1) is 27.7 Å². The van der Waals surface area contributed by atoms with Gasteiger partial charge in [0.25, 0.3) is 0 Å². The second-order valence-corrected chi connectivity index (χ2v) is 16.8. The molecule has 0 saturated heterocycles. The summed E-state index contributed by atoms with van der Waals surface area (Å²) in [5.74, 6) is -0.879. The number of quaternary nitrogens is 1. The predicted molar refractivity (Wildman–Crippen MR) is 229 cm³/mol. The van der Waals surface area contributed by atoms with E-state index in [4.69, 9.17) is 18.5 Å². The molecule has 10 heteroatoms. The minimum absolute atomic E-state index is 0.0180. The number of hydrogen-bond acceptors (Lipinski definition) is 7. The van der Waals surface area contributed by atoms with Crippen LogP contribution >= 0.6 is 7.82 Å². The van der Waals surface area contributed by atoms with E-state index in [0.717, 1.165) is 57.8 Å². The average Bonchev–Trinajstić information content (AvgIpc) is 3.13. The van der Waals surface area contributed by atoms with E-state index >= 15 is 0 Å². The van der Waals surface area contributed by atoms with Crippen molar-refractivity contribution in [3.8, 4) is 0 Å². The molecule has 55 heavy (non-hydrogen) atoms. The van der Waals surface area contributed by atoms with E-state index < -0.39 is 32.5 Å². The van der Waals surface area contributed by atoms with Gasteiger partial charge in [0.2, 0.25) is 0 Å². The fourth-order valence-electron chi connectivity index (χ4n) is 5.35. The van der Waals surface area contributed by atoms with Crippen molar-refractivity contribution in [2.75, 3.05) is 47.5 Å². The summed E-state index contributed by atoms with van der Waals surface area (Å²) in [5, 5.41) is 0. The summed E-state index contributed by atoms with van der Waals surface area (Å²) in [6.07, 6.45) is 44.2. The number of ether oxygens (including phenoxy) is 2. The lowest BCUT2D eigenvalue weighted by Crippen LogP contribution is -2.37. The molecule has 0 aliphatic carbocycles. The number of rotatable bonds is 38. The quantitative estimate of drug-likeness (QED) is 0.0216. The molecule has 0 heterocycles. The first-order chi connectivity index (χ1) is 26.5. The summed E-state index contributed by atoms with van der Waals surface area (Å²) >= 11 is 0. The molecule has 0 saturated carbocycles. The van der Waals surface area contributed by atoms with Gasteiger partial charge in [-0.15, -0.1) is 0 Å².